The molecular formula is C22H24ClN3O3S. The van der Waals surface area contributed by atoms with Crippen LogP contribution in [0.3, 0.4) is 0 Å². The van der Waals surface area contributed by atoms with E-state index in [1.807, 2.05) is 17.0 Å². The van der Waals surface area contributed by atoms with Crippen LogP contribution in [0.4, 0.5) is 5.69 Å². The van der Waals surface area contributed by atoms with Crippen molar-refractivity contribution in [2.45, 2.75) is 17.7 Å². The molecule has 3 amide bonds. The van der Waals surface area contributed by atoms with E-state index >= 15 is 0 Å². The average molecular weight is 446 g/mol. The molecule has 1 saturated heterocycles. The Kier molecular flexibility index (Phi) is 7.76. The first-order valence-electron chi connectivity index (χ1n) is 9.75. The van der Waals surface area contributed by atoms with Gasteiger partial charge in [0, 0.05) is 25.0 Å². The smallest absolute Gasteiger partial charge is 0.255 e. The van der Waals surface area contributed by atoms with Crippen molar-refractivity contribution in [3.05, 3.63) is 59.1 Å². The van der Waals surface area contributed by atoms with Crippen molar-refractivity contribution in [2.75, 3.05) is 37.8 Å². The Bertz CT molecular complexity index is 931. The Balaban J connectivity index is 1.60. The SMILES string of the molecule is CN(CC(=O)Nc1ccccc1Cl)C(=O)c1ccccc1SCC(=O)N1CCCC1. The van der Waals surface area contributed by atoms with Crippen LogP contribution in [0.5, 0.6) is 0 Å². The highest BCUT2D eigenvalue weighted by atomic mass is 35.5. The van der Waals surface area contributed by atoms with Crippen LogP contribution in [-0.2, 0) is 9.59 Å². The van der Waals surface area contributed by atoms with Crippen LogP contribution in [0.15, 0.2) is 53.4 Å². The van der Waals surface area contributed by atoms with Crippen molar-refractivity contribution in [1.29, 1.82) is 0 Å². The third-order valence-electron chi connectivity index (χ3n) is 4.80. The normalized spacial score (nSPS) is 13.2. The fraction of sp³-hybridized carbons (Fsp3) is 0.318. The summed E-state index contributed by atoms with van der Waals surface area (Å²) < 4.78 is 0. The number of amides is 3. The van der Waals surface area contributed by atoms with Crippen LogP contribution in [0.2, 0.25) is 5.02 Å². The highest BCUT2D eigenvalue weighted by Gasteiger charge is 2.21. The van der Waals surface area contributed by atoms with Gasteiger partial charge in [-0.15, -0.1) is 11.8 Å². The van der Waals surface area contributed by atoms with Crippen LogP contribution >= 0.6 is 23.4 Å². The third-order valence-corrected chi connectivity index (χ3v) is 6.19. The minimum absolute atomic E-state index is 0.0900. The summed E-state index contributed by atoms with van der Waals surface area (Å²) >= 11 is 7.42. The molecule has 3 rings (SSSR count). The molecule has 1 heterocycles. The summed E-state index contributed by atoms with van der Waals surface area (Å²) in [5.74, 6) is -0.234. The predicted molar refractivity (Wildman–Crippen MR) is 120 cm³/mol. The molecule has 1 fully saturated rings. The summed E-state index contributed by atoms with van der Waals surface area (Å²) in [4.78, 5) is 41.5. The minimum atomic E-state index is -0.340. The number of halogens is 1. The number of nitrogens with zero attached hydrogens (tertiary/aromatic N) is 2. The molecule has 30 heavy (non-hydrogen) atoms. The van der Waals surface area contributed by atoms with Gasteiger partial charge in [0.15, 0.2) is 0 Å². The number of likely N-dealkylation sites (N-methyl/N-ethyl adjacent to an activating group) is 1. The van der Waals surface area contributed by atoms with Crippen LogP contribution in [0.1, 0.15) is 23.2 Å². The zero-order valence-corrected chi connectivity index (χ0v) is 18.3. The number of nitrogens with one attached hydrogen (secondary N) is 1. The Morgan fingerprint density at radius 3 is 2.47 bits per heavy atom. The van der Waals surface area contributed by atoms with Crippen LogP contribution in [0, 0.1) is 0 Å². The standard InChI is InChI=1S/C22H24ClN3O3S/c1-25(14-20(27)24-18-10-4-3-9-17(18)23)22(29)16-8-2-5-11-19(16)30-15-21(28)26-12-6-7-13-26/h2-5,8-11H,6-7,12-15H2,1H3,(H,24,27). The molecule has 1 aliphatic heterocycles. The van der Waals surface area contributed by atoms with E-state index in [-0.39, 0.29) is 24.3 Å². The second kappa shape index (κ2) is 10.5. The van der Waals surface area contributed by atoms with E-state index in [2.05, 4.69) is 5.32 Å². The summed E-state index contributed by atoms with van der Waals surface area (Å²) in [5, 5.41) is 3.15. The molecule has 1 N–H and O–H groups in total. The molecular weight excluding hydrogens is 422 g/mol. The van der Waals surface area contributed by atoms with Crippen LogP contribution < -0.4 is 5.32 Å². The van der Waals surface area contributed by atoms with Crippen molar-refractivity contribution >= 4 is 46.8 Å². The van der Waals surface area contributed by atoms with E-state index in [0.29, 0.717) is 22.0 Å². The van der Waals surface area contributed by atoms with Crippen molar-refractivity contribution < 1.29 is 14.4 Å². The molecule has 2 aromatic rings. The number of para-hydroxylation sites is 1. The first kappa shape index (κ1) is 22.2. The molecule has 0 unspecified atom stereocenters. The van der Waals surface area contributed by atoms with E-state index in [0.717, 1.165) is 30.8 Å². The van der Waals surface area contributed by atoms with Gasteiger partial charge in [-0.2, -0.15) is 0 Å². The molecule has 0 atom stereocenters. The predicted octanol–water partition coefficient (Wildman–Crippen LogP) is 3.77. The lowest BCUT2D eigenvalue weighted by Gasteiger charge is -2.19. The summed E-state index contributed by atoms with van der Waals surface area (Å²) in [6.07, 6.45) is 2.10. The van der Waals surface area contributed by atoms with Gasteiger partial charge in [0.1, 0.15) is 0 Å². The van der Waals surface area contributed by atoms with Gasteiger partial charge in [-0.1, -0.05) is 35.9 Å². The van der Waals surface area contributed by atoms with Gasteiger partial charge in [0.2, 0.25) is 11.8 Å². The number of likely N-dealkylation sites (tertiary alicyclic amines) is 1. The molecule has 1 aliphatic rings. The molecule has 0 aliphatic carbocycles. The van der Waals surface area contributed by atoms with Gasteiger partial charge in [-0.05, 0) is 37.1 Å². The van der Waals surface area contributed by atoms with Crippen molar-refractivity contribution in [3.63, 3.8) is 0 Å². The maximum Gasteiger partial charge on any atom is 0.255 e. The van der Waals surface area contributed by atoms with Crippen molar-refractivity contribution in [1.82, 2.24) is 9.80 Å². The van der Waals surface area contributed by atoms with Gasteiger partial charge in [0.25, 0.3) is 5.91 Å². The number of hydrogen-bond acceptors (Lipinski definition) is 4. The Morgan fingerprint density at radius 2 is 1.73 bits per heavy atom. The van der Waals surface area contributed by atoms with E-state index in [1.54, 1.807) is 43.4 Å². The molecule has 0 spiro atoms. The zero-order chi connectivity index (χ0) is 21.5. The van der Waals surface area contributed by atoms with Gasteiger partial charge in [-0.3, -0.25) is 14.4 Å². The quantitative estimate of drug-likeness (QED) is 0.659. The molecule has 8 heteroatoms. The lowest BCUT2D eigenvalue weighted by molar-refractivity contribution is -0.127. The zero-order valence-electron chi connectivity index (χ0n) is 16.8. The fourth-order valence-corrected chi connectivity index (χ4v) is 4.34. The summed E-state index contributed by atoms with van der Waals surface area (Å²) in [6, 6.07) is 14.1. The number of rotatable bonds is 7. The largest absolute Gasteiger partial charge is 0.342 e. The van der Waals surface area contributed by atoms with Crippen LogP contribution in [-0.4, -0.2) is 60.0 Å². The van der Waals surface area contributed by atoms with E-state index in [9.17, 15) is 14.4 Å². The molecule has 2 aromatic carbocycles. The lowest BCUT2D eigenvalue weighted by Crippen LogP contribution is -2.35. The third kappa shape index (κ3) is 5.77. The second-order valence-corrected chi connectivity index (χ2v) is 8.49. The Morgan fingerprint density at radius 1 is 1.07 bits per heavy atom. The monoisotopic (exact) mass is 445 g/mol. The number of thioether (sulfide) groups is 1. The highest BCUT2D eigenvalue weighted by Crippen LogP contribution is 2.25. The maximum atomic E-state index is 12.9. The Labute approximate surface area is 185 Å². The van der Waals surface area contributed by atoms with E-state index < -0.39 is 0 Å². The summed E-state index contributed by atoms with van der Waals surface area (Å²) in [5.41, 5.74) is 0.978. The molecule has 158 valence electrons. The van der Waals surface area contributed by atoms with Crippen molar-refractivity contribution in [3.8, 4) is 0 Å². The van der Waals surface area contributed by atoms with Crippen LogP contribution in [0.25, 0.3) is 0 Å². The number of hydrogen-bond donors (Lipinski definition) is 1. The molecule has 0 radical (unpaired) electrons. The number of benzene rings is 2. The summed E-state index contributed by atoms with van der Waals surface area (Å²) in [7, 11) is 1.57. The molecule has 0 aromatic heterocycles. The molecule has 0 bridgehead atoms. The van der Waals surface area contributed by atoms with E-state index in [4.69, 9.17) is 11.6 Å². The van der Waals surface area contributed by atoms with Gasteiger partial charge in [-0.25, -0.2) is 0 Å². The van der Waals surface area contributed by atoms with Gasteiger partial charge >= 0.3 is 0 Å². The number of carbonyl (C=O) groups excluding carboxylic acids is 3. The Hall–Kier alpha value is -2.51. The van der Waals surface area contributed by atoms with Crippen molar-refractivity contribution in [2.24, 2.45) is 0 Å². The second-order valence-electron chi connectivity index (χ2n) is 7.06. The molecule has 0 saturated carbocycles. The summed E-state index contributed by atoms with van der Waals surface area (Å²) in [6.45, 7) is 1.50. The topological polar surface area (TPSA) is 69.7 Å². The molecule has 6 nitrogen and oxygen atoms in total. The van der Waals surface area contributed by atoms with Gasteiger partial charge < -0.3 is 15.1 Å². The first-order valence-corrected chi connectivity index (χ1v) is 11.1. The first-order chi connectivity index (χ1) is 14.5. The lowest BCUT2D eigenvalue weighted by atomic mass is 10.2. The maximum absolute atomic E-state index is 12.9. The van der Waals surface area contributed by atoms with E-state index in [1.165, 1.54) is 16.7 Å². The number of anilines is 1. The number of carbonyl (C=O) groups is 3. The average Bonchev–Trinajstić information content (AvgIpc) is 3.28. The van der Waals surface area contributed by atoms with Gasteiger partial charge in [0.05, 0.1) is 28.6 Å². The highest BCUT2D eigenvalue weighted by molar-refractivity contribution is 8.00. The fourth-order valence-electron chi connectivity index (χ4n) is 3.21. The minimum Gasteiger partial charge on any atom is -0.342 e.